The van der Waals surface area contributed by atoms with Crippen LogP contribution in [-0.2, 0) is 10.1 Å². The third kappa shape index (κ3) is 4.97. The van der Waals surface area contributed by atoms with E-state index in [1.807, 2.05) is 0 Å². The van der Waals surface area contributed by atoms with Crippen LogP contribution in [0.2, 0.25) is 0 Å². The van der Waals surface area contributed by atoms with Gasteiger partial charge in [-0.15, -0.1) is 0 Å². The molecule has 3 heterocycles. The Labute approximate surface area is 193 Å². The summed E-state index contributed by atoms with van der Waals surface area (Å²) in [6.07, 6.45) is -2.89. The minimum Gasteiger partial charge on any atom is -0.455 e. The minimum absolute atomic E-state index is 0.0549. The molecule has 10 nitrogen and oxygen atoms in total. The molecule has 2 amide bonds. The molecule has 16 heteroatoms. The maximum Gasteiger partial charge on any atom is 0.416 e. The zero-order valence-electron chi connectivity index (χ0n) is 17.6. The number of amides is 2. The van der Waals surface area contributed by atoms with Crippen molar-refractivity contribution in [2.24, 2.45) is 0 Å². The maximum atomic E-state index is 14.0. The van der Waals surface area contributed by atoms with E-state index in [-0.39, 0.29) is 35.7 Å². The van der Waals surface area contributed by atoms with Crippen LogP contribution < -0.4 is 15.5 Å². The normalized spacial score (nSPS) is 15.7. The summed E-state index contributed by atoms with van der Waals surface area (Å²) in [5, 5.41) is 2.62. The van der Waals surface area contributed by atoms with Crippen LogP contribution in [0.15, 0.2) is 28.9 Å². The van der Waals surface area contributed by atoms with Gasteiger partial charge in [0, 0.05) is 30.1 Å². The van der Waals surface area contributed by atoms with Gasteiger partial charge in [-0.3, -0.25) is 4.55 Å². The topological polar surface area (TPSA) is 138 Å². The summed E-state index contributed by atoms with van der Waals surface area (Å²) in [5.74, 6) is -2.93. The number of hydrogen-bond donors (Lipinski definition) is 3. The smallest absolute Gasteiger partial charge is 0.416 e. The largest absolute Gasteiger partial charge is 0.455 e. The predicted molar refractivity (Wildman–Crippen MR) is 111 cm³/mol. The highest BCUT2D eigenvalue weighted by Gasteiger charge is 2.45. The molecule has 3 N–H and O–H groups in total. The van der Waals surface area contributed by atoms with Crippen molar-refractivity contribution in [1.29, 1.82) is 0 Å². The van der Waals surface area contributed by atoms with E-state index in [0.717, 1.165) is 18.5 Å². The molecular formula is C19H16F5N5O5S. The van der Waals surface area contributed by atoms with E-state index in [9.17, 15) is 35.2 Å². The molecule has 0 aliphatic carbocycles. The molecule has 188 valence electrons. The van der Waals surface area contributed by atoms with Gasteiger partial charge < -0.3 is 20.0 Å². The molecule has 3 aromatic rings. The Morgan fingerprint density at radius 1 is 1.23 bits per heavy atom. The van der Waals surface area contributed by atoms with Crippen molar-refractivity contribution in [3.05, 3.63) is 47.5 Å². The number of aromatic nitrogens is 2. The number of aryl methyl sites for hydroxylation is 1. The van der Waals surface area contributed by atoms with Crippen LogP contribution in [0.3, 0.4) is 0 Å². The average Bonchev–Trinajstić information content (AvgIpc) is 3.01. The van der Waals surface area contributed by atoms with Gasteiger partial charge in [0.15, 0.2) is 17.4 Å². The van der Waals surface area contributed by atoms with Crippen molar-refractivity contribution >= 4 is 38.8 Å². The standard InChI is InChI=1S/C19H16F5N5O5S/c1-8-12-2-9(20)3-13(21)15(12)34-14(8)16(19(22,23)24)28-18(30)27-10-4-25-17(26-5-10)29-6-11(7-29)35(31,32)33/h2-5,11,16H,6-7H2,1H3,(H2,27,28,30)(H,31,32,33). The van der Waals surface area contributed by atoms with Crippen molar-refractivity contribution in [2.45, 2.75) is 24.4 Å². The molecule has 1 aliphatic rings. The first-order valence-electron chi connectivity index (χ1n) is 9.79. The number of urea groups is 1. The molecule has 35 heavy (non-hydrogen) atoms. The van der Waals surface area contributed by atoms with E-state index >= 15 is 0 Å². The first-order valence-corrected chi connectivity index (χ1v) is 11.3. The zero-order valence-corrected chi connectivity index (χ0v) is 18.4. The minimum atomic E-state index is -5.05. The van der Waals surface area contributed by atoms with Gasteiger partial charge in [-0.25, -0.2) is 23.5 Å². The number of carbonyl (C=O) groups excluding carboxylic acids is 1. The van der Waals surface area contributed by atoms with Crippen LogP contribution in [0.5, 0.6) is 0 Å². The number of fused-ring (bicyclic) bond motifs is 1. The number of hydrogen-bond acceptors (Lipinski definition) is 7. The van der Waals surface area contributed by atoms with Crippen molar-refractivity contribution in [3.63, 3.8) is 0 Å². The molecule has 1 unspecified atom stereocenters. The number of rotatable bonds is 5. The second-order valence-electron chi connectivity index (χ2n) is 7.74. The van der Waals surface area contributed by atoms with Gasteiger partial charge in [0.05, 0.1) is 18.1 Å². The molecule has 1 fully saturated rings. The number of carbonyl (C=O) groups is 1. The van der Waals surface area contributed by atoms with Gasteiger partial charge >= 0.3 is 12.2 Å². The summed E-state index contributed by atoms with van der Waals surface area (Å²) in [6.45, 7) is 1.06. The average molecular weight is 521 g/mol. The predicted octanol–water partition coefficient (Wildman–Crippen LogP) is 3.31. The lowest BCUT2D eigenvalue weighted by Crippen LogP contribution is -2.55. The monoisotopic (exact) mass is 521 g/mol. The summed E-state index contributed by atoms with van der Waals surface area (Å²) >= 11 is 0. The van der Waals surface area contributed by atoms with Crippen molar-refractivity contribution < 1.29 is 44.1 Å². The molecule has 1 saturated heterocycles. The molecule has 4 rings (SSSR count). The van der Waals surface area contributed by atoms with Crippen LogP contribution in [0, 0.1) is 18.6 Å². The first-order chi connectivity index (χ1) is 16.2. The van der Waals surface area contributed by atoms with E-state index in [4.69, 9.17) is 8.97 Å². The van der Waals surface area contributed by atoms with E-state index in [1.54, 1.807) is 5.32 Å². The van der Waals surface area contributed by atoms with Crippen LogP contribution >= 0.6 is 0 Å². The Morgan fingerprint density at radius 2 is 1.86 bits per heavy atom. The molecule has 2 aromatic heterocycles. The number of anilines is 2. The van der Waals surface area contributed by atoms with Gasteiger partial charge in [-0.1, -0.05) is 0 Å². The molecule has 0 spiro atoms. The fraction of sp³-hybridized carbons (Fsp3) is 0.316. The fourth-order valence-corrected chi connectivity index (χ4v) is 4.21. The van der Waals surface area contributed by atoms with Crippen molar-refractivity contribution in [2.75, 3.05) is 23.3 Å². The molecule has 1 aliphatic heterocycles. The lowest BCUT2D eigenvalue weighted by Gasteiger charge is -2.36. The Bertz CT molecular complexity index is 1390. The van der Waals surface area contributed by atoms with Crippen LogP contribution in [0.25, 0.3) is 11.0 Å². The first kappa shape index (κ1) is 24.6. The summed E-state index contributed by atoms with van der Waals surface area (Å²) in [6, 6.07) is -2.71. The zero-order chi connectivity index (χ0) is 25.7. The third-order valence-corrected chi connectivity index (χ3v) is 6.45. The number of halogens is 5. The second kappa shape index (κ2) is 8.60. The Hall–Kier alpha value is -3.53. The van der Waals surface area contributed by atoms with Gasteiger partial charge in [0.25, 0.3) is 10.1 Å². The fourth-order valence-electron chi connectivity index (χ4n) is 3.47. The highest BCUT2D eigenvalue weighted by atomic mass is 32.2. The van der Waals surface area contributed by atoms with Crippen molar-refractivity contribution in [3.8, 4) is 0 Å². The van der Waals surface area contributed by atoms with E-state index in [0.29, 0.717) is 6.07 Å². The molecule has 0 bridgehead atoms. The van der Waals surface area contributed by atoms with Gasteiger partial charge in [-0.2, -0.15) is 21.6 Å². The SMILES string of the molecule is Cc1c(C(NC(=O)Nc2cnc(N3CC(S(=O)(=O)O)C3)nc2)C(F)(F)F)oc2c(F)cc(F)cc12. The highest BCUT2D eigenvalue weighted by Crippen LogP contribution is 2.39. The van der Waals surface area contributed by atoms with Crippen molar-refractivity contribution in [1.82, 2.24) is 15.3 Å². The summed E-state index contributed by atoms with van der Waals surface area (Å²) in [7, 11) is -4.20. The summed E-state index contributed by atoms with van der Waals surface area (Å²) in [4.78, 5) is 21.5. The number of furan rings is 1. The Morgan fingerprint density at radius 3 is 2.43 bits per heavy atom. The molecule has 1 aromatic carbocycles. The number of nitrogens with zero attached hydrogens (tertiary/aromatic N) is 3. The van der Waals surface area contributed by atoms with Gasteiger partial charge in [-0.05, 0) is 13.0 Å². The number of alkyl halides is 3. The molecule has 0 saturated carbocycles. The lowest BCUT2D eigenvalue weighted by atomic mass is 10.1. The summed E-state index contributed by atoms with van der Waals surface area (Å²) < 4.78 is 105. The number of benzene rings is 1. The lowest BCUT2D eigenvalue weighted by molar-refractivity contribution is -0.158. The van der Waals surface area contributed by atoms with E-state index < -0.39 is 56.6 Å². The van der Waals surface area contributed by atoms with Crippen LogP contribution in [-0.4, -0.2) is 53.5 Å². The Balaban J connectivity index is 1.48. The van der Waals surface area contributed by atoms with Gasteiger partial charge in [0.1, 0.15) is 16.8 Å². The molecule has 0 radical (unpaired) electrons. The van der Waals surface area contributed by atoms with Crippen LogP contribution in [0.1, 0.15) is 17.4 Å². The van der Waals surface area contributed by atoms with E-state index in [1.165, 1.54) is 11.8 Å². The van der Waals surface area contributed by atoms with Crippen LogP contribution in [0.4, 0.5) is 38.4 Å². The third-order valence-electron chi connectivity index (χ3n) is 5.31. The van der Waals surface area contributed by atoms with Gasteiger partial charge in [0.2, 0.25) is 5.95 Å². The second-order valence-corrected chi connectivity index (χ2v) is 9.44. The molecule has 1 atom stereocenters. The maximum absolute atomic E-state index is 14.0. The Kier molecular flexibility index (Phi) is 6.04. The molecular weight excluding hydrogens is 505 g/mol. The van der Waals surface area contributed by atoms with E-state index in [2.05, 4.69) is 15.3 Å². The number of nitrogens with one attached hydrogen (secondary N) is 2. The quantitative estimate of drug-likeness (QED) is 0.344. The highest BCUT2D eigenvalue weighted by molar-refractivity contribution is 7.86. The summed E-state index contributed by atoms with van der Waals surface area (Å²) in [5.41, 5.74) is -0.874.